The van der Waals surface area contributed by atoms with E-state index in [0.29, 0.717) is 11.5 Å². The number of pyridine rings is 1. The molecule has 16 heavy (non-hydrogen) atoms. The van der Waals surface area contributed by atoms with Crippen molar-refractivity contribution in [3.63, 3.8) is 0 Å². The molecule has 4 heteroatoms. The summed E-state index contributed by atoms with van der Waals surface area (Å²) in [6, 6.07) is 3.93. The van der Waals surface area contributed by atoms with Crippen LogP contribution in [0.15, 0.2) is 18.5 Å². The first-order valence-electron chi connectivity index (χ1n) is 5.55. The van der Waals surface area contributed by atoms with Crippen LogP contribution in [0.25, 0.3) is 0 Å². The third-order valence-electron chi connectivity index (χ3n) is 3.13. The summed E-state index contributed by atoms with van der Waals surface area (Å²) in [4.78, 5) is 6.24. The van der Waals surface area contributed by atoms with Gasteiger partial charge < -0.3 is 10.0 Å². The highest BCUT2D eigenvalue weighted by molar-refractivity contribution is 5.57. The Hall–Kier alpha value is -1.60. The molecule has 0 amide bonds. The van der Waals surface area contributed by atoms with Crippen LogP contribution in [0.3, 0.4) is 0 Å². The van der Waals surface area contributed by atoms with Gasteiger partial charge in [-0.25, -0.2) is 0 Å². The number of aromatic nitrogens is 1. The Labute approximate surface area is 95.1 Å². The van der Waals surface area contributed by atoms with Crippen LogP contribution in [0.4, 0.5) is 5.69 Å². The van der Waals surface area contributed by atoms with E-state index in [1.54, 1.807) is 18.5 Å². The third kappa shape index (κ3) is 2.15. The molecule has 4 nitrogen and oxygen atoms in total. The van der Waals surface area contributed by atoms with Crippen LogP contribution in [0, 0.1) is 17.2 Å². The van der Waals surface area contributed by atoms with Gasteiger partial charge in [-0.3, -0.25) is 4.98 Å². The summed E-state index contributed by atoms with van der Waals surface area (Å²) in [6.45, 7) is 2.06. The monoisotopic (exact) mass is 217 g/mol. The molecule has 2 rings (SSSR count). The van der Waals surface area contributed by atoms with Crippen molar-refractivity contribution in [1.29, 1.82) is 5.26 Å². The van der Waals surface area contributed by atoms with Crippen LogP contribution in [-0.2, 0) is 0 Å². The lowest BCUT2D eigenvalue weighted by Gasteiger charge is -2.32. The Morgan fingerprint density at radius 3 is 2.88 bits per heavy atom. The summed E-state index contributed by atoms with van der Waals surface area (Å²) >= 11 is 0. The quantitative estimate of drug-likeness (QED) is 0.807. The average molecular weight is 217 g/mol. The van der Waals surface area contributed by atoms with Gasteiger partial charge in [0, 0.05) is 25.9 Å². The zero-order valence-corrected chi connectivity index (χ0v) is 9.13. The second-order valence-corrected chi connectivity index (χ2v) is 4.12. The predicted octanol–water partition coefficient (Wildman–Crippen LogP) is 1.16. The van der Waals surface area contributed by atoms with E-state index < -0.39 is 0 Å². The van der Waals surface area contributed by atoms with Crippen molar-refractivity contribution in [2.75, 3.05) is 24.6 Å². The normalized spacial score (nSPS) is 17.1. The van der Waals surface area contributed by atoms with Gasteiger partial charge in [0.2, 0.25) is 0 Å². The maximum absolute atomic E-state index is 9.07. The number of nitriles is 1. The van der Waals surface area contributed by atoms with Gasteiger partial charge in [-0.15, -0.1) is 0 Å². The molecule has 0 radical (unpaired) electrons. The molecule has 1 N–H and O–H groups in total. The molecule has 0 atom stereocenters. The van der Waals surface area contributed by atoms with E-state index >= 15 is 0 Å². The summed E-state index contributed by atoms with van der Waals surface area (Å²) in [5.74, 6) is 0.415. The standard InChI is InChI=1S/C12H15N3O/c13-7-11-1-4-14-8-12(11)15-5-2-10(9-16)3-6-15/h1,4,8,10,16H,2-3,5-6,9H2. The number of aliphatic hydroxyl groups excluding tert-OH is 1. The lowest BCUT2D eigenvalue weighted by Crippen LogP contribution is -2.35. The Balaban J connectivity index is 2.11. The fourth-order valence-electron chi connectivity index (χ4n) is 2.09. The lowest BCUT2D eigenvalue weighted by atomic mass is 9.97. The van der Waals surface area contributed by atoms with Gasteiger partial charge in [-0.1, -0.05) is 0 Å². The summed E-state index contributed by atoms with van der Waals surface area (Å²) in [7, 11) is 0. The van der Waals surface area contributed by atoms with Gasteiger partial charge in [0.1, 0.15) is 6.07 Å². The molecule has 0 aliphatic carbocycles. The zero-order valence-electron chi connectivity index (χ0n) is 9.13. The van der Waals surface area contributed by atoms with Crippen molar-refractivity contribution in [3.05, 3.63) is 24.0 Å². The second-order valence-electron chi connectivity index (χ2n) is 4.12. The minimum Gasteiger partial charge on any atom is -0.396 e. The van der Waals surface area contributed by atoms with Crippen molar-refractivity contribution in [2.45, 2.75) is 12.8 Å². The molecule has 1 saturated heterocycles. The number of hydrogen-bond donors (Lipinski definition) is 1. The average Bonchev–Trinajstić information content (AvgIpc) is 2.39. The molecule has 1 fully saturated rings. The molecular weight excluding hydrogens is 202 g/mol. The number of rotatable bonds is 2. The van der Waals surface area contributed by atoms with E-state index in [1.165, 1.54) is 0 Å². The molecule has 0 unspecified atom stereocenters. The van der Waals surface area contributed by atoms with Crippen LogP contribution >= 0.6 is 0 Å². The lowest BCUT2D eigenvalue weighted by molar-refractivity contribution is 0.203. The Morgan fingerprint density at radius 1 is 1.50 bits per heavy atom. The minimum absolute atomic E-state index is 0.270. The van der Waals surface area contributed by atoms with Gasteiger partial charge in [-0.05, 0) is 24.8 Å². The molecule has 2 heterocycles. The summed E-state index contributed by atoms with van der Waals surface area (Å²) in [6.07, 6.45) is 5.35. The van der Waals surface area contributed by atoms with Crippen LogP contribution in [0.2, 0.25) is 0 Å². The number of anilines is 1. The van der Waals surface area contributed by atoms with Gasteiger partial charge in [0.15, 0.2) is 0 Å². The third-order valence-corrected chi connectivity index (χ3v) is 3.13. The zero-order chi connectivity index (χ0) is 11.4. The van der Waals surface area contributed by atoms with Crippen molar-refractivity contribution in [2.24, 2.45) is 5.92 Å². The molecule has 84 valence electrons. The van der Waals surface area contributed by atoms with Crippen LogP contribution in [0.5, 0.6) is 0 Å². The SMILES string of the molecule is N#Cc1ccncc1N1CCC(CO)CC1. The first kappa shape index (κ1) is 10.9. The Morgan fingerprint density at radius 2 is 2.25 bits per heavy atom. The number of piperidine rings is 1. The highest BCUT2D eigenvalue weighted by atomic mass is 16.3. The molecular formula is C12H15N3O. The summed E-state index contributed by atoms with van der Waals surface area (Å²) in [5, 5.41) is 18.1. The topological polar surface area (TPSA) is 60.2 Å². The van der Waals surface area contributed by atoms with Gasteiger partial charge in [0.05, 0.1) is 17.4 Å². The molecule has 1 aliphatic rings. The predicted molar refractivity (Wildman–Crippen MR) is 61.0 cm³/mol. The van der Waals surface area contributed by atoms with E-state index in [4.69, 9.17) is 10.4 Å². The van der Waals surface area contributed by atoms with Crippen molar-refractivity contribution < 1.29 is 5.11 Å². The first-order chi connectivity index (χ1) is 7.85. The highest BCUT2D eigenvalue weighted by Crippen LogP contribution is 2.24. The van der Waals surface area contributed by atoms with Crippen molar-refractivity contribution >= 4 is 5.69 Å². The number of nitrogens with zero attached hydrogens (tertiary/aromatic N) is 3. The molecule has 1 aromatic rings. The fourth-order valence-corrected chi connectivity index (χ4v) is 2.09. The van der Waals surface area contributed by atoms with E-state index in [2.05, 4.69) is 16.0 Å². The van der Waals surface area contributed by atoms with Crippen LogP contribution in [-0.4, -0.2) is 29.8 Å². The Bertz CT molecular complexity index is 391. The Kier molecular flexibility index (Phi) is 3.37. The first-order valence-corrected chi connectivity index (χ1v) is 5.55. The molecule has 0 bridgehead atoms. The van der Waals surface area contributed by atoms with Gasteiger partial charge in [-0.2, -0.15) is 5.26 Å². The number of hydrogen-bond acceptors (Lipinski definition) is 4. The highest BCUT2D eigenvalue weighted by Gasteiger charge is 2.20. The maximum atomic E-state index is 9.07. The van der Waals surface area contributed by atoms with Gasteiger partial charge in [0.25, 0.3) is 0 Å². The van der Waals surface area contributed by atoms with E-state index in [9.17, 15) is 0 Å². The van der Waals surface area contributed by atoms with Crippen LogP contribution in [0.1, 0.15) is 18.4 Å². The van der Waals surface area contributed by atoms with Crippen molar-refractivity contribution in [1.82, 2.24) is 4.98 Å². The molecule has 1 aromatic heterocycles. The smallest absolute Gasteiger partial charge is 0.101 e. The largest absolute Gasteiger partial charge is 0.396 e. The molecule has 0 aromatic carbocycles. The number of aliphatic hydroxyl groups is 1. The fraction of sp³-hybridized carbons (Fsp3) is 0.500. The summed E-state index contributed by atoms with van der Waals surface area (Å²) in [5.41, 5.74) is 1.60. The van der Waals surface area contributed by atoms with E-state index in [1.807, 2.05) is 0 Å². The van der Waals surface area contributed by atoms with E-state index in [-0.39, 0.29) is 6.61 Å². The van der Waals surface area contributed by atoms with Crippen LogP contribution < -0.4 is 4.90 Å². The summed E-state index contributed by atoms with van der Waals surface area (Å²) < 4.78 is 0. The minimum atomic E-state index is 0.270. The molecule has 0 spiro atoms. The van der Waals surface area contributed by atoms with Crippen molar-refractivity contribution in [3.8, 4) is 6.07 Å². The van der Waals surface area contributed by atoms with E-state index in [0.717, 1.165) is 31.6 Å². The molecule has 0 saturated carbocycles. The van der Waals surface area contributed by atoms with Gasteiger partial charge >= 0.3 is 0 Å². The second kappa shape index (κ2) is 4.95. The maximum Gasteiger partial charge on any atom is 0.101 e. The molecule has 1 aliphatic heterocycles.